The molecule has 1 saturated heterocycles. The van der Waals surface area contributed by atoms with Gasteiger partial charge >= 0.3 is 6.03 Å². The van der Waals surface area contributed by atoms with Crippen molar-refractivity contribution in [2.45, 2.75) is 13.8 Å². The molecule has 194 valence electrons. The molecule has 5 amide bonds. The number of aryl methyl sites for hydroxylation is 2. The summed E-state index contributed by atoms with van der Waals surface area (Å²) in [5.74, 6) is -1.69. The highest BCUT2D eigenvalue weighted by Gasteiger charge is 2.36. The molecule has 0 aromatic heterocycles. The number of carbonyl (C=O) groups is 4. The zero-order valence-corrected chi connectivity index (χ0v) is 23.3. The van der Waals surface area contributed by atoms with Gasteiger partial charge in [0.25, 0.3) is 17.7 Å². The summed E-state index contributed by atoms with van der Waals surface area (Å²) in [7, 11) is 0. The van der Waals surface area contributed by atoms with Gasteiger partial charge in [0.15, 0.2) is 6.61 Å². The Morgan fingerprint density at radius 1 is 1.03 bits per heavy atom. The zero-order chi connectivity index (χ0) is 27.6. The molecule has 0 saturated carbocycles. The first-order chi connectivity index (χ1) is 18.0. The molecule has 3 aromatic carbocycles. The third-order valence-corrected chi connectivity index (χ3v) is 6.73. The number of phenolic OH excluding ortho intramolecular Hbond substituents is 1. The number of halogens is 2. The van der Waals surface area contributed by atoms with Crippen LogP contribution < -0.4 is 20.3 Å². The number of amides is 5. The quantitative estimate of drug-likeness (QED) is 0.250. The van der Waals surface area contributed by atoms with Crippen LogP contribution in [-0.4, -0.2) is 35.5 Å². The number of hydrogen-bond donors (Lipinski definition) is 3. The molecule has 38 heavy (non-hydrogen) atoms. The van der Waals surface area contributed by atoms with Crippen LogP contribution in [0.3, 0.4) is 0 Å². The van der Waals surface area contributed by atoms with Crippen LogP contribution in [0.1, 0.15) is 16.7 Å². The van der Waals surface area contributed by atoms with Crippen molar-refractivity contribution in [1.82, 2.24) is 5.32 Å². The first-order valence-corrected chi connectivity index (χ1v) is 12.8. The van der Waals surface area contributed by atoms with E-state index in [9.17, 15) is 24.3 Å². The third-order valence-electron chi connectivity index (χ3n) is 5.56. The Morgan fingerprint density at radius 2 is 1.68 bits per heavy atom. The number of anilines is 2. The number of nitrogens with zero attached hydrogens (tertiary/aromatic N) is 1. The van der Waals surface area contributed by atoms with Crippen molar-refractivity contribution >= 4 is 73.1 Å². The van der Waals surface area contributed by atoms with Crippen LogP contribution in [0.5, 0.6) is 11.5 Å². The third kappa shape index (κ3) is 5.95. The summed E-state index contributed by atoms with van der Waals surface area (Å²) in [5.41, 5.74) is 3.02. The molecular formula is C27H21Br2N3O6. The second-order valence-corrected chi connectivity index (χ2v) is 10.2. The Kier molecular flexibility index (Phi) is 7.98. The van der Waals surface area contributed by atoms with Gasteiger partial charge in [-0.3, -0.25) is 19.7 Å². The maximum Gasteiger partial charge on any atom is 0.335 e. The van der Waals surface area contributed by atoms with Crippen LogP contribution in [0.15, 0.2) is 69.1 Å². The maximum atomic E-state index is 13.1. The molecule has 9 nitrogen and oxygen atoms in total. The molecule has 3 N–H and O–H groups in total. The van der Waals surface area contributed by atoms with Gasteiger partial charge < -0.3 is 15.2 Å². The van der Waals surface area contributed by atoms with E-state index < -0.39 is 17.8 Å². The minimum atomic E-state index is -0.895. The number of phenols is 1. The van der Waals surface area contributed by atoms with Crippen molar-refractivity contribution in [1.29, 1.82) is 0 Å². The molecule has 0 radical (unpaired) electrons. The lowest BCUT2D eigenvalue weighted by Gasteiger charge is -2.26. The number of imide groups is 2. The normalized spacial score (nSPS) is 14.5. The van der Waals surface area contributed by atoms with E-state index >= 15 is 0 Å². The molecule has 1 aliphatic rings. The van der Waals surface area contributed by atoms with E-state index in [4.69, 9.17) is 4.74 Å². The SMILES string of the molecule is Cc1ccc(C)c(NC(=O)COc2c(Br)cc(/C=C3/C(=O)NC(=O)N(c4ccc(O)cc4)C3=O)cc2Br)c1. The van der Waals surface area contributed by atoms with Crippen molar-refractivity contribution in [2.24, 2.45) is 0 Å². The van der Waals surface area contributed by atoms with E-state index in [1.165, 1.54) is 30.3 Å². The van der Waals surface area contributed by atoms with Crippen LogP contribution in [0.2, 0.25) is 0 Å². The highest BCUT2D eigenvalue weighted by Crippen LogP contribution is 2.36. The van der Waals surface area contributed by atoms with Gasteiger partial charge in [0.05, 0.1) is 14.6 Å². The van der Waals surface area contributed by atoms with E-state index in [-0.39, 0.29) is 29.5 Å². The number of rotatable bonds is 6. The van der Waals surface area contributed by atoms with Gasteiger partial charge in [0, 0.05) is 5.69 Å². The van der Waals surface area contributed by atoms with Crippen LogP contribution >= 0.6 is 31.9 Å². The molecule has 0 unspecified atom stereocenters. The van der Waals surface area contributed by atoms with E-state index in [0.717, 1.165) is 16.0 Å². The molecule has 1 heterocycles. The number of nitrogens with one attached hydrogen (secondary N) is 2. The van der Waals surface area contributed by atoms with Gasteiger partial charge in [-0.15, -0.1) is 0 Å². The van der Waals surface area contributed by atoms with E-state index in [0.29, 0.717) is 25.9 Å². The van der Waals surface area contributed by atoms with E-state index in [1.807, 2.05) is 32.0 Å². The van der Waals surface area contributed by atoms with Gasteiger partial charge in [-0.25, -0.2) is 9.69 Å². The number of ether oxygens (including phenoxy) is 1. The summed E-state index contributed by atoms with van der Waals surface area (Å²) in [6.45, 7) is 3.58. The maximum absolute atomic E-state index is 13.1. The lowest BCUT2D eigenvalue weighted by atomic mass is 10.1. The summed E-state index contributed by atoms with van der Waals surface area (Å²) < 4.78 is 6.64. The Labute approximate surface area is 234 Å². The fraction of sp³-hybridized carbons (Fsp3) is 0.111. The molecule has 0 spiro atoms. The van der Waals surface area contributed by atoms with Crippen LogP contribution in [-0.2, 0) is 14.4 Å². The van der Waals surface area contributed by atoms with Gasteiger partial charge in [-0.05, 0) is 111 Å². The molecule has 0 atom stereocenters. The smallest absolute Gasteiger partial charge is 0.335 e. The van der Waals surface area contributed by atoms with E-state index in [1.54, 1.807) is 12.1 Å². The minimum absolute atomic E-state index is 0.0368. The molecule has 3 aromatic rings. The van der Waals surface area contributed by atoms with Crippen LogP contribution in [0.25, 0.3) is 6.08 Å². The van der Waals surface area contributed by atoms with Crippen molar-refractivity contribution in [3.05, 3.63) is 85.8 Å². The summed E-state index contributed by atoms with van der Waals surface area (Å²) >= 11 is 6.81. The van der Waals surface area contributed by atoms with Crippen LogP contribution in [0.4, 0.5) is 16.2 Å². The van der Waals surface area contributed by atoms with Crippen molar-refractivity contribution in [2.75, 3.05) is 16.8 Å². The summed E-state index contributed by atoms with van der Waals surface area (Å²) in [4.78, 5) is 51.2. The summed E-state index contributed by atoms with van der Waals surface area (Å²) in [5, 5.41) is 14.5. The second kappa shape index (κ2) is 11.2. The summed E-state index contributed by atoms with van der Waals surface area (Å²) in [6, 6.07) is 13.5. The van der Waals surface area contributed by atoms with E-state index in [2.05, 4.69) is 42.5 Å². The highest BCUT2D eigenvalue weighted by molar-refractivity contribution is 9.11. The topological polar surface area (TPSA) is 125 Å². The lowest BCUT2D eigenvalue weighted by Crippen LogP contribution is -2.54. The standard InChI is InChI=1S/C27H21Br2N3O6/c1-14-3-4-15(2)22(9-14)30-23(34)13-38-24-20(28)11-16(12-21(24)29)10-19-25(35)31-27(37)32(26(19)36)17-5-7-18(33)8-6-17/h3-12,33H,13H2,1-2H3,(H,30,34)(H,31,35,37)/b19-10-. The monoisotopic (exact) mass is 641 g/mol. The van der Waals surface area contributed by atoms with Crippen molar-refractivity contribution < 1.29 is 29.0 Å². The highest BCUT2D eigenvalue weighted by atomic mass is 79.9. The number of carbonyl (C=O) groups excluding carboxylic acids is 4. The molecule has 0 bridgehead atoms. The van der Waals surface area contributed by atoms with Gasteiger partial charge in [0.1, 0.15) is 17.1 Å². The molecule has 4 rings (SSSR count). The minimum Gasteiger partial charge on any atom is -0.508 e. The Hall–Kier alpha value is -3.96. The fourth-order valence-corrected chi connectivity index (χ4v) is 5.11. The summed E-state index contributed by atoms with van der Waals surface area (Å²) in [6.07, 6.45) is 1.34. The Bertz CT molecular complexity index is 1480. The molecule has 1 aliphatic heterocycles. The molecule has 11 heteroatoms. The van der Waals surface area contributed by atoms with Gasteiger partial charge in [-0.1, -0.05) is 12.1 Å². The van der Waals surface area contributed by atoms with Crippen LogP contribution in [0, 0.1) is 13.8 Å². The number of aromatic hydroxyl groups is 1. The average Bonchev–Trinajstić information content (AvgIpc) is 2.84. The number of benzene rings is 3. The van der Waals surface area contributed by atoms with Gasteiger partial charge in [0.2, 0.25) is 0 Å². The average molecular weight is 643 g/mol. The molecule has 1 fully saturated rings. The molecule has 0 aliphatic carbocycles. The van der Waals surface area contributed by atoms with Gasteiger partial charge in [-0.2, -0.15) is 0 Å². The largest absolute Gasteiger partial charge is 0.508 e. The Morgan fingerprint density at radius 3 is 2.34 bits per heavy atom. The number of barbiturate groups is 1. The predicted octanol–water partition coefficient (Wildman–Crippen LogP) is 5.22. The number of hydrogen-bond acceptors (Lipinski definition) is 6. The first kappa shape index (κ1) is 27.1. The molecular weight excluding hydrogens is 622 g/mol. The van der Waals surface area contributed by atoms with Crippen molar-refractivity contribution in [3.8, 4) is 11.5 Å². The van der Waals surface area contributed by atoms with Crippen molar-refractivity contribution in [3.63, 3.8) is 0 Å². The lowest BCUT2D eigenvalue weighted by molar-refractivity contribution is -0.122. The predicted molar refractivity (Wildman–Crippen MR) is 149 cm³/mol. The Balaban J connectivity index is 1.52. The zero-order valence-electron chi connectivity index (χ0n) is 20.2. The number of urea groups is 1. The first-order valence-electron chi connectivity index (χ1n) is 11.2. The second-order valence-electron chi connectivity index (χ2n) is 8.44. The fourth-order valence-electron chi connectivity index (χ4n) is 3.66.